The zero-order chi connectivity index (χ0) is 15.4. The summed E-state index contributed by atoms with van der Waals surface area (Å²) in [6, 6.07) is 0.559. The van der Waals surface area contributed by atoms with Crippen molar-refractivity contribution in [2.45, 2.75) is 59.0 Å². The van der Waals surface area contributed by atoms with Crippen molar-refractivity contribution >= 4 is 29.9 Å². The Labute approximate surface area is 151 Å². The molecule has 1 fully saturated rings. The fourth-order valence-electron chi connectivity index (χ4n) is 3.04. The topological polar surface area (TPSA) is 54.2 Å². The predicted octanol–water partition coefficient (Wildman–Crippen LogP) is 2.90. The summed E-state index contributed by atoms with van der Waals surface area (Å²) in [5, 5.41) is 11.4. The number of rotatable bonds is 3. The first kappa shape index (κ1) is 19.3. The van der Waals surface area contributed by atoms with Gasteiger partial charge in [0.25, 0.3) is 0 Å². The van der Waals surface area contributed by atoms with E-state index in [1.165, 1.54) is 36.9 Å². The lowest BCUT2D eigenvalue weighted by Gasteiger charge is -2.28. The van der Waals surface area contributed by atoms with Crippen LogP contribution < -0.4 is 10.6 Å². The van der Waals surface area contributed by atoms with Crippen LogP contribution in [0.5, 0.6) is 0 Å². The van der Waals surface area contributed by atoms with E-state index in [0.717, 1.165) is 24.1 Å². The number of hydrogen-bond acceptors (Lipinski definition) is 2. The fraction of sp³-hybridized carbons (Fsp3) is 0.750. The molecule has 0 amide bonds. The molecule has 0 bridgehead atoms. The molecule has 1 aliphatic carbocycles. The Morgan fingerprint density at radius 1 is 1.27 bits per heavy atom. The molecule has 1 aromatic rings. The van der Waals surface area contributed by atoms with Gasteiger partial charge in [0.2, 0.25) is 0 Å². The largest absolute Gasteiger partial charge is 0.354 e. The highest BCUT2D eigenvalue weighted by Crippen LogP contribution is 2.23. The van der Waals surface area contributed by atoms with Gasteiger partial charge in [0.05, 0.1) is 5.69 Å². The quantitative estimate of drug-likeness (QED) is 0.450. The third-order valence-corrected chi connectivity index (χ3v) is 4.67. The van der Waals surface area contributed by atoms with Gasteiger partial charge >= 0.3 is 0 Å². The SMILES string of the molecule is CN=C(NCc1c(C)nn(C)c1C)NC1CCC(C)CC1.I. The minimum absolute atomic E-state index is 0. The molecule has 0 spiro atoms. The molecule has 1 aliphatic rings. The number of guanidine groups is 1. The summed E-state index contributed by atoms with van der Waals surface area (Å²) in [6.07, 6.45) is 5.12. The first-order chi connectivity index (χ1) is 10.0. The van der Waals surface area contributed by atoms with Crippen LogP contribution in [0.25, 0.3) is 0 Å². The lowest BCUT2D eigenvalue weighted by Crippen LogP contribution is -2.44. The van der Waals surface area contributed by atoms with Gasteiger partial charge in [-0.15, -0.1) is 24.0 Å². The number of aryl methyl sites for hydroxylation is 2. The summed E-state index contributed by atoms with van der Waals surface area (Å²) in [4.78, 5) is 4.35. The van der Waals surface area contributed by atoms with Crippen molar-refractivity contribution in [3.63, 3.8) is 0 Å². The van der Waals surface area contributed by atoms with Crippen LogP contribution in [0, 0.1) is 19.8 Å². The molecule has 1 aromatic heterocycles. The van der Waals surface area contributed by atoms with Gasteiger partial charge in [-0.2, -0.15) is 5.10 Å². The van der Waals surface area contributed by atoms with Crippen LogP contribution in [0.15, 0.2) is 4.99 Å². The molecular formula is C16H30IN5. The molecule has 22 heavy (non-hydrogen) atoms. The summed E-state index contributed by atoms with van der Waals surface area (Å²) >= 11 is 0. The van der Waals surface area contributed by atoms with Crippen molar-refractivity contribution in [2.75, 3.05) is 7.05 Å². The molecule has 1 heterocycles. The third-order valence-electron chi connectivity index (χ3n) is 4.67. The van der Waals surface area contributed by atoms with Gasteiger partial charge in [0.15, 0.2) is 5.96 Å². The Kier molecular flexibility index (Phi) is 7.65. The minimum Gasteiger partial charge on any atom is -0.354 e. The van der Waals surface area contributed by atoms with Crippen LogP contribution in [0.4, 0.5) is 0 Å². The number of aliphatic imine (C=N–C) groups is 1. The normalized spacial score (nSPS) is 22.1. The van der Waals surface area contributed by atoms with Crippen molar-refractivity contribution in [1.29, 1.82) is 0 Å². The Morgan fingerprint density at radius 2 is 1.91 bits per heavy atom. The van der Waals surface area contributed by atoms with Crippen LogP contribution >= 0.6 is 24.0 Å². The van der Waals surface area contributed by atoms with Crippen LogP contribution in [-0.4, -0.2) is 28.8 Å². The Morgan fingerprint density at radius 3 is 2.41 bits per heavy atom. The predicted molar refractivity (Wildman–Crippen MR) is 103 cm³/mol. The second-order valence-electron chi connectivity index (χ2n) is 6.30. The van der Waals surface area contributed by atoms with E-state index < -0.39 is 0 Å². The van der Waals surface area contributed by atoms with Crippen LogP contribution in [0.2, 0.25) is 0 Å². The van der Waals surface area contributed by atoms with Crippen molar-refractivity contribution in [1.82, 2.24) is 20.4 Å². The van der Waals surface area contributed by atoms with Gasteiger partial charge in [0.1, 0.15) is 0 Å². The third kappa shape index (κ3) is 4.86. The fourth-order valence-corrected chi connectivity index (χ4v) is 3.04. The highest BCUT2D eigenvalue weighted by Gasteiger charge is 2.19. The standard InChI is InChI=1S/C16H29N5.HI/c1-11-6-8-14(9-7-11)19-16(17-4)18-10-15-12(2)20-21(5)13(15)3;/h11,14H,6-10H2,1-5H3,(H2,17,18,19);1H. The van der Waals surface area contributed by atoms with Gasteiger partial charge in [-0.3, -0.25) is 9.67 Å². The van der Waals surface area contributed by atoms with Crippen LogP contribution in [-0.2, 0) is 13.6 Å². The molecule has 2 rings (SSSR count). The Bertz CT molecular complexity index is 501. The van der Waals surface area contributed by atoms with Gasteiger partial charge in [-0.1, -0.05) is 6.92 Å². The lowest BCUT2D eigenvalue weighted by atomic mass is 9.87. The molecule has 0 aliphatic heterocycles. The number of nitrogens with zero attached hydrogens (tertiary/aromatic N) is 3. The first-order valence-electron chi connectivity index (χ1n) is 7.97. The van der Waals surface area contributed by atoms with Crippen LogP contribution in [0.3, 0.4) is 0 Å². The Hall–Kier alpha value is -0.790. The summed E-state index contributed by atoms with van der Waals surface area (Å²) in [5.74, 6) is 1.77. The summed E-state index contributed by atoms with van der Waals surface area (Å²) < 4.78 is 1.94. The summed E-state index contributed by atoms with van der Waals surface area (Å²) in [5.41, 5.74) is 3.56. The van der Waals surface area contributed by atoms with E-state index >= 15 is 0 Å². The average Bonchev–Trinajstić information content (AvgIpc) is 2.71. The molecule has 6 heteroatoms. The van der Waals surface area contributed by atoms with Crippen molar-refractivity contribution < 1.29 is 0 Å². The summed E-state index contributed by atoms with van der Waals surface area (Å²) in [7, 11) is 3.83. The molecule has 0 unspecified atom stereocenters. The second kappa shape index (κ2) is 8.74. The average molecular weight is 419 g/mol. The van der Waals surface area contributed by atoms with E-state index in [9.17, 15) is 0 Å². The molecule has 126 valence electrons. The minimum atomic E-state index is 0. The molecule has 5 nitrogen and oxygen atoms in total. The molecule has 0 radical (unpaired) electrons. The maximum Gasteiger partial charge on any atom is 0.191 e. The smallest absolute Gasteiger partial charge is 0.191 e. The monoisotopic (exact) mass is 419 g/mol. The lowest BCUT2D eigenvalue weighted by molar-refractivity contribution is 0.329. The molecule has 0 atom stereocenters. The molecular weight excluding hydrogens is 389 g/mol. The highest BCUT2D eigenvalue weighted by molar-refractivity contribution is 14.0. The van der Waals surface area contributed by atoms with Gasteiger partial charge in [-0.25, -0.2) is 0 Å². The van der Waals surface area contributed by atoms with Crippen molar-refractivity contribution in [3.8, 4) is 0 Å². The molecule has 2 N–H and O–H groups in total. The van der Waals surface area contributed by atoms with E-state index in [2.05, 4.69) is 41.5 Å². The number of halogens is 1. The van der Waals surface area contributed by atoms with Gasteiger partial charge < -0.3 is 10.6 Å². The van der Waals surface area contributed by atoms with E-state index in [4.69, 9.17) is 0 Å². The maximum absolute atomic E-state index is 4.45. The van der Waals surface area contributed by atoms with Crippen molar-refractivity contribution in [3.05, 3.63) is 17.0 Å². The molecule has 1 saturated carbocycles. The van der Waals surface area contributed by atoms with E-state index in [-0.39, 0.29) is 24.0 Å². The zero-order valence-corrected chi connectivity index (χ0v) is 16.8. The zero-order valence-electron chi connectivity index (χ0n) is 14.4. The Balaban J connectivity index is 0.00000242. The molecule has 0 aromatic carbocycles. The summed E-state index contributed by atoms with van der Waals surface area (Å²) in [6.45, 7) is 7.28. The maximum atomic E-state index is 4.45. The second-order valence-corrected chi connectivity index (χ2v) is 6.30. The number of nitrogens with one attached hydrogen (secondary N) is 2. The van der Waals surface area contributed by atoms with E-state index in [1.54, 1.807) is 0 Å². The highest BCUT2D eigenvalue weighted by atomic mass is 127. The van der Waals surface area contributed by atoms with Gasteiger partial charge in [-0.05, 0) is 45.4 Å². The van der Waals surface area contributed by atoms with E-state index in [0.29, 0.717) is 6.04 Å². The number of aromatic nitrogens is 2. The number of hydrogen-bond donors (Lipinski definition) is 2. The van der Waals surface area contributed by atoms with Crippen LogP contribution in [0.1, 0.15) is 49.6 Å². The van der Waals surface area contributed by atoms with Gasteiger partial charge in [0, 0.05) is 37.9 Å². The van der Waals surface area contributed by atoms with Crippen molar-refractivity contribution in [2.24, 2.45) is 18.0 Å². The first-order valence-corrected chi connectivity index (χ1v) is 7.97. The molecule has 0 saturated heterocycles. The van der Waals surface area contributed by atoms with E-state index in [1.807, 2.05) is 18.8 Å².